The maximum atomic E-state index is 14.0. The number of piperazine rings is 1. The van der Waals surface area contributed by atoms with Gasteiger partial charge in [-0.1, -0.05) is 43.1 Å². The zero-order valence-corrected chi connectivity index (χ0v) is 25.6. The molecule has 0 aromatic heterocycles. The fourth-order valence-corrected chi connectivity index (χ4v) is 6.23. The molecular weight excluding hydrogens is 590 g/mol. The number of rotatable bonds is 9. The molecule has 0 spiro atoms. The van der Waals surface area contributed by atoms with E-state index >= 15 is 0 Å². The number of hydrogen-bond donors (Lipinski definition) is 1. The molecule has 0 saturated carbocycles. The Hall–Kier alpha value is -2.69. The highest BCUT2D eigenvalue weighted by atomic mass is 35.5. The fraction of sp³-hybridized carbons (Fsp3) is 0.533. The van der Waals surface area contributed by atoms with E-state index in [0.717, 1.165) is 12.1 Å². The van der Waals surface area contributed by atoms with E-state index in [4.69, 9.17) is 28.9 Å². The smallest absolute Gasteiger partial charge is 0.368 e. The Morgan fingerprint density at radius 1 is 1.00 bits per heavy atom. The molecule has 0 bridgehead atoms. The predicted molar refractivity (Wildman–Crippen MR) is 160 cm³/mol. The minimum absolute atomic E-state index is 0.184. The lowest BCUT2D eigenvalue weighted by molar-refractivity contribution is -0.138. The number of benzene rings is 2. The van der Waals surface area contributed by atoms with Crippen LogP contribution >= 0.6 is 23.2 Å². The lowest BCUT2D eigenvalue weighted by Gasteiger charge is -2.40. The number of halogens is 5. The highest BCUT2D eigenvalue weighted by Crippen LogP contribution is 2.37. The Labute approximate surface area is 255 Å². The second kappa shape index (κ2) is 13.3. The molecule has 12 heteroatoms. The second-order valence-corrected chi connectivity index (χ2v) is 12.2. The fourth-order valence-electron chi connectivity index (χ4n) is 5.74. The highest BCUT2D eigenvalue weighted by molar-refractivity contribution is 6.35. The monoisotopic (exact) mass is 627 g/mol. The summed E-state index contributed by atoms with van der Waals surface area (Å²) in [6.07, 6.45) is -3.69. The number of likely N-dealkylation sites (N-methyl/N-ethyl adjacent to an activating group) is 1. The first-order chi connectivity index (χ1) is 19.8. The Kier molecular flexibility index (Phi) is 10.2. The first-order valence-corrected chi connectivity index (χ1v) is 15.1. The first-order valence-electron chi connectivity index (χ1n) is 14.3. The SMILES string of the molecule is CCN1CCN(C(Cc2ccc(Cl)cc2Cl)C(=O)N2CCN(c3ccc(C(F)(F)F)cc3C(N)CC(C)C)CC2)C1=O. The topological polar surface area (TPSA) is 73.1 Å². The number of carbonyl (C=O) groups is 2. The van der Waals surface area contributed by atoms with E-state index in [1.165, 1.54) is 6.07 Å². The first kappa shape index (κ1) is 32.2. The molecular formula is C30H38Cl2F3N5O2. The molecule has 230 valence electrons. The van der Waals surface area contributed by atoms with Crippen LogP contribution in [0.5, 0.6) is 0 Å². The zero-order valence-electron chi connectivity index (χ0n) is 24.1. The summed E-state index contributed by atoms with van der Waals surface area (Å²) in [5, 5.41) is 0.907. The molecule has 2 N–H and O–H groups in total. The van der Waals surface area contributed by atoms with Crippen LogP contribution in [-0.4, -0.2) is 78.5 Å². The van der Waals surface area contributed by atoms with Crippen molar-refractivity contribution in [3.05, 3.63) is 63.1 Å². The van der Waals surface area contributed by atoms with Crippen LogP contribution in [0.1, 0.15) is 49.9 Å². The molecule has 0 radical (unpaired) electrons. The van der Waals surface area contributed by atoms with Crippen LogP contribution in [-0.2, 0) is 17.4 Å². The maximum Gasteiger partial charge on any atom is 0.416 e. The van der Waals surface area contributed by atoms with E-state index < -0.39 is 23.8 Å². The number of urea groups is 1. The van der Waals surface area contributed by atoms with Crippen LogP contribution in [0.3, 0.4) is 0 Å². The maximum absolute atomic E-state index is 14.0. The Morgan fingerprint density at radius 2 is 1.69 bits per heavy atom. The van der Waals surface area contributed by atoms with Crippen molar-refractivity contribution in [3.8, 4) is 0 Å². The molecule has 2 aliphatic rings. The van der Waals surface area contributed by atoms with Crippen molar-refractivity contribution in [3.63, 3.8) is 0 Å². The van der Waals surface area contributed by atoms with Gasteiger partial charge >= 0.3 is 12.2 Å². The minimum Gasteiger partial charge on any atom is -0.368 e. The summed E-state index contributed by atoms with van der Waals surface area (Å²) in [6.45, 7) is 8.91. The van der Waals surface area contributed by atoms with Crippen molar-refractivity contribution in [1.29, 1.82) is 0 Å². The molecule has 4 rings (SSSR count). The Balaban J connectivity index is 1.55. The lowest BCUT2D eigenvalue weighted by Crippen LogP contribution is -2.56. The van der Waals surface area contributed by atoms with Gasteiger partial charge in [-0.2, -0.15) is 13.2 Å². The third kappa shape index (κ3) is 7.26. The van der Waals surface area contributed by atoms with Crippen LogP contribution in [0.25, 0.3) is 0 Å². The van der Waals surface area contributed by atoms with Crippen molar-refractivity contribution in [2.45, 2.75) is 51.9 Å². The summed E-state index contributed by atoms with van der Waals surface area (Å²) in [5.41, 5.74) is 7.51. The molecule has 2 atom stereocenters. The van der Waals surface area contributed by atoms with Crippen molar-refractivity contribution >= 4 is 40.8 Å². The highest BCUT2D eigenvalue weighted by Gasteiger charge is 2.40. The van der Waals surface area contributed by atoms with E-state index in [1.807, 2.05) is 25.7 Å². The number of nitrogens with zero attached hydrogens (tertiary/aromatic N) is 4. The molecule has 3 amide bonds. The number of amides is 3. The average Bonchev–Trinajstić information content (AvgIpc) is 3.31. The van der Waals surface area contributed by atoms with E-state index in [-0.39, 0.29) is 24.3 Å². The minimum atomic E-state index is -4.47. The predicted octanol–water partition coefficient (Wildman–Crippen LogP) is 6.08. The zero-order chi connectivity index (χ0) is 30.8. The summed E-state index contributed by atoms with van der Waals surface area (Å²) in [5.74, 6) is 0.0241. The second-order valence-electron chi connectivity index (χ2n) is 11.3. The van der Waals surface area contributed by atoms with Gasteiger partial charge in [-0.3, -0.25) is 4.79 Å². The molecule has 42 heavy (non-hydrogen) atoms. The van der Waals surface area contributed by atoms with Gasteiger partial charge in [0.05, 0.1) is 5.56 Å². The van der Waals surface area contributed by atoms with E-state index in [9.17, 15) is 22.8 Å². The van der Waals surface area contributed by atoms with Crippen LogP contribution in [0.15, 0.2) is 36.4 Å². The molecule has 2 unspecified atom stereocenters. The average molecular weight is 629 g/mol. The van der Waals surface area contributed by atoms with Crippen LogP contribution < -0.4 is 10.6 Å². The van der Waals surface area contributed by atoms with Gasteiger partial charge in [-0.15, -0.1) is 0 Å². The van der Waals surface area contributed by atoms with Gasteiger partial charge in [0.15, 0.2) is 0 Å². The molecule has 7 nitrogen and oxygen atoms in total. The van der Waals surface area contributed by atoms with E-state index in [1.54, 1.807) is 32.9 Å². The molecule has 2 fully saturated rings. The Morgan fingerprint density at radius 3 is 2.26 bits per heavy atom. The summed E-state index contributed by atoms with van der Waals surface area (Å²) in [6, 6.07) is 7.34. The number of hydrogen-bond acceptors (Lipinski definition) is 4. The van der Waals surface area contributed by atoms with Gasteiger partial charge < -0.3 is 25.3 Å². The summed E-state index contributed by atoms with van der Waals surface area (Å²) >= 11 is 12.5. The number of carbonyl (C=O) groups excluding carboxylic acids is 2. The molecule has 2 saturated heterocycles. The molecule has 0 aliphatic carbocycles. The number of alkyl halides is 3. The van der Waals surface area contributed by atoms with Crippen LogP contribution in [0.4, 0.5) is 23.7 Å². The molecule has 2 aromatic carbocycles. The van der Waals surface area contributed by atoms with Gasteiger partial charge in [0.25, 0.3) is 0 Å². The molecule has 2 heterocycles. The summed E-state index contributed by atoms with van der Waals surface area (Å²) < 4.78 is 40.6. The van der Waals surface area contributed by atoms with Gasteiger partial charge in [0, 0.05) is 74.0 Å². The van der Waals surface area contributed by atoms with Gasteiger partial charge in [0.1, 0.15) is 6.04 Å². The third-order valence-corrected chi connectivity index (χ3v) is 8.60. The summed E-state index contributed by atoms with van der Waals surface area (Å²) in [4.78, 5) is 34.2. The molecule has 2 aromatic rings. The van der Waals surface area contributed by atoms with Gasteiger partial charge in [-0.25, -0.2) is 4.79 Å². The van der Waals surface area contributed by atoms with E-state index in [0.29, 0.717) is 79.1 Å². The third-order valence-electron chi connectivity index (χ3n) is 8.01. The number of nitrogens with two attached hydrogens (primary N) is 1. The number of anilines is 1. The Bertz CT molecular complexity index is 1280. The summed E-state index contributed by atoms with van der Waals surface area (Å²) in [7, 11) is 0. The van der Waals surface area contributed by atoms with Crippen molar-refractivity contribution in [1.82, 2.24) is 14.7 Å². The van der Waals surface area contributed by atoms with Gasteiger partial charge in [-0.05, 0) is 60.7 Å². The largest absolute Gasteiger partial charge is 0.416 e. The standard InChI is InChI=1S/C30H38Cl2F3N5O2/c1-4-37-13-14-40(29(37)42)27(16-20-5-7-22(31)18-24(20)32)28(41)39-11-9-38(10-12-39)26-8-6-21(30(33,34)35)17-23(26)25(36)15-19(2)3/h5-8,17-19,25,27H,4,9-16,36H2,1-3H3. The van der Waals surface area contributed by atoms with Gasteiger partial charge in [0.2, 0.25) is 5.91 Å². The van der Waals surface area contributed by atoms with Crippen LogP contribution in [0.2, 0.25) is 10.0 Å². The van der Waals surface area contributed by atoms with Crippen molar-refractivity contribution in [2.75, 3.05) is 50.7 Å². The van der Waals surface area contributed by atoms with E-state index in [2.05, 4.69) is 0 Å². The van der Waals surface area contributed by atoms with Crippen LogP contribution in [0, 0.1) is 5.92 Å². The quantitative estimate of drug-likeness (QED) is 0.366. The lowest BCUT2D eigenvalue weighted by atomic mass is 9.94. The van der Waals surface area contributed by atoms with Crippen molar-refractivity contribution in [2.24, 2.45) is 11.7 Å². The molecule has 2 aliphatic heterocycles. The van der Waals surface area contributed by atoms with Crippen molar-refractivity contribution < 1.29 is 22.8 Å². The normalized spacial score (nSPS) is 17.8.